The smallest absolute Gasteiger partial charge is 0.163 e. The predicted octanol–water partition coefficient (Wildman–Crippen LogP) is 1.17. The second-order valence-electron chi connectivity index (χ2n) is 3.72. The first-order chi connectivity index (χ1) is 7.17. The van der Waals surface area contributed by atoms with Crippen molar-refractivity contribution in [3.05, 3.63) is 35.4 Å². The van der Waals surface area contributed by atoms with E-state index >= 15 is 0 Å². The molecule has 0 bridgehead atoms. The van der Waals surface area contributed by atoms with Gasteiger partial charge in [-0.15, -0.1) is 0 Å². The summed E-state index contributed by atoms with van der Waals surface area (Å²) in [5.41, 5.74) is 1.74. The molecular weight excluding hydrogens is 192 g/mol. The highest BCUT2D eigenvalue weighted by molar-refractivity contribution is 5.96. The van der Waals surface area contributed by atoms with Crippen LogP contribution in [0.5, 0.6) is 0 Å². The molecule has 0 aromatic heterocycles. The maximum Gasteiger partial charge on any atom is 0.163 e. The number of carbonyl (C=O) groups is 1. The molecule has 0 aliphatic heterocycles. The molecule has 15 heavy (non-hydrogen) atoms. The van der Waals surface area contributed by atoms with E-state index in [4.69, 9.17) is 10.2 Å². The minimum absolute atomic E-state index is 0.0388. The van der Waals surface area contributed by atoms with E-state index in [1.165, 1.54) is 0 Å². The number of Topliss-reactive ketones (excluding diaryl/α,β-unsaturated/α-hetero) is 1. The van der Waals surface area contributed by atoms with Gasteiger partial charge in [0, 0.05) is 31.1 Å². The Morgan fingerprint density at radius 1 is 1.20 bits per heavy atom. The zero-order valence-corrected chi connectivity index (χ0v) is 8.81. The number of aliphatic hydroxyl groups is 2. The third kappa shape index (κ3) is 3.46. The highest BCUT2D eigenvalue weighted by Gasteiger charge is 2.13. The molecule has 2 N–H and O–H groups in total. The van der Waals surface area contributed by atoms with Crippen molar-refractivity contribution in [2.75, 3.05) is 13.2 Å². The topological polar surface area (TPSA) is 57.5 Å². The number of aryl methyl sites for hydroxylation is 1. The molecule has 0 radical (unpaired) electrons. The van der Waals surface area contributed by atoms with E-state index in [9.17, 15) is 4.79 Å². The second-order valence-corrected chi connectivity index (χ2v) is 3.72. The van der Waals surface area contributed by atoms with Gasteiger partial charge in [-0.05, 0) is 6.92 Å². The molecular formula is C12H16O3. The summed E-state index contributed by atoms with van der Waals surface area (Å²) in [4.78, 5) is 11.7. The lowest BCUT2D eigenvalue weighted by Crippen LogP contribution is -2.16. The van der Waals surface area contributed by atoms with Gasteiger partial charge in [-0.1, -0.05) is 29.8 Å². The summed E-state index contributed by atoms with van der Waals surface area (Å²) < 4.78 is 0. The van der Waals surface area contributed by atoms with Gasteiger partial charge in [0.05, 0.1) is 0 Å². The summed E-state index contributed by atoms with van der Waals surface area (Å²) in [6, 6.07) is 7.28. The monoisotopic (exact) mass is 208 g/mol. The van der Waals surface area contributed by atoms with Crippen molar-refractivity contribution >= 4 is 5.78 Å². The molecule has 1 rings (SSSR count). The van der Waals surface area contributed by atoms with Crippen LogP contribution in [0, 0.1) is 12.8 Å². The van der Waals surface area contributed by atoms with Crippen LogP contribution in [0.4, 0.5) is 0 Å². The fraction of sp³-hybridized carbons (Fsp3) is 0.417. The van der Waals surface area contributed by atoms with Gasteiger partial charge in [-0.3, -0.25) is 4.79 Å². The highest BCUT2D eigenvalue weighted by Crippen LogP contribution is 2.10. The molecule has 1 aromatic carbocycles. The summed E-state index contributed by atoms with van der Waals surface area (Å²) in [5, 5.41) is 17.7. The Morgan fingerprint density at radius 2 is 1.73 bits per heavy atom. The molecule has 0 unspecified atom stereocenters. The molecule has 0 fully saturated rings. The quantitative estimate of drug-likeness (QED) is 0.714. The number of carbonyl (C=O) groups excluding carboxylic acids is 1. The maximum absolute atomic E-state index is 11.7. The Morgan fingerprint density at radius 3 is 2.20 bits per heavy atom. The average Bonchev–Trinajstić information content (AvgIpc) is 2.26. The Labute approximate surface area is 89.4 Å². The average molecular weight is 208 g/mol. The van der Waals surface area contributed by atoms with Crippen LogP contribution in [-0.2, 0) is 0 Å². The number of hydrogen-bond donors (Lipinski definition) is 2. The van der Waals surface area contributed by atoms with E-state index in [0.29, 0.717) is 5.56 Å². The van der Waals surface area contributed by atoms with Crippen molar-refractivity contribution in [3.63, 3.8) is 0 Å². The predicted molar refractivity (Wildman–Crippen MR) is 57.8 cm³/mol. The van der Waals surface area contributed by atoms with Crippen molar-refractivity contribution in [2.45, 2.75) is 13.3 Å². The number of ketones is 1. The van der Waals surface area contributed by atoms with E-state index in [-0.39, 0.29) is 31.3 Å². The third-order valence-corrected chi connectivity index (χ3v) is 2.36. The fourth-order valence-corrected chi connectivity index (χ4v) is 1.31. The Balaban J connectivity index is 2.64. The van der Waals surface area contributed by atoms with E-state index in [2.05, 4.69) is 0 Å². The lowest BCUT2D eigenvalue weighted by molar-refractivity contribution is 0.0879. The standard InChI is InChI=1S/C12H16O3/c1-9-2-4-11(5-3-9)12(15)6-10(7-13)8-14/h2-5,10,13-14H,6-8H2,1H3. The van der Waals surface area contributed by atoms with Gasteiger partial charge in [-0.2, -0.15) is 0 Å². The summed E-state index contributed by atoms with van der Waals surface area (Å²) >= 11 is 0. The molecule has 1 aromatic rings. The lowest BCUT2D eigenvalue weighted by atomic mass is 9.99. The van der Waals surface area contributed by atoms with Gasteiger partial charge in [0.15, 0.2) is 5.78 Å². The number of rotatable bonds is 5. The van der Waals surface area contributed by atoms with Crippen LogP contribution in [0.25, 0.3) is 0 Å². The minimum Gasteiger partial charge on any atom is -0.396 e. The van der Waals surface area contributed by atoms with Gasteiger partial charge in [0.1, 0.15) is 0 Å². The number of benzene rings is 1. The van der Waals surface area contributed by atoms with Gasteiger partial charge >= 0.3 is 0 Å². The van der Waals surface area contributed by atoms with Crippen molar-refractivity contribution in [1.29, 1.82) is 0 Å². The summed E-state index contributed by atoms with van der Waals surface area (Å²) in [7, 11) is 0. The lowest BCUT2D eigenvalue weighted by Gasteiger charge is -2.09. The van der Waals surface area contributed by atoms with Crippen LogP contribution in [0.1, 0.15) is 22.3 Å². The molecule has 0 atom stereocenters. The van der Waals surface area contributed by atoms with Crippen LogP contribution >= 0.6 is 0 Å². The first-order valence-corrected chi connectivity index (χ1v) is 4.99. The second kappa shape index (κ2) is 5.63. The first-order valence-electron chi connectivity index (χ1n) is 4.99. The molecule has 0 amide bonds. The van der Waals surface area contributed by atoms with E-state index in [1.807, 2.05) is 19.1 Å². The van der Waals surface area contributed by atoms with E-state index < -0.39 is 0 Å². The molecule has 0 aliphatic rings. The zero-order chi connectivity index (χ0) is 11.3. The summed E-state index contributed by atoms with van der Waals surface area (Å²) in [5.74, 6) is -0.387. The van der Waals surface area contributed by atoms with Gasteiger partial charge in [0.2, 0.25) is 0 Å². The number of hydrogen-bond acceptors (Lipinski definition) is 3. The van der Waals surface area contributed by atoms with Gasteiger partial charge in [-0.25, -0.2) is 0 Å². The molecule has 0 saturated heterocycles. The molecule has 82 valence electrons. The highest BCUT2D eigenvalue weighted by atomic mass is 16.3. The van der Waals surface area contributed by atoms with Crippen molar-refractivity contribution < 1.29 is 15.0 Å². The molecule has 0 saturated carbocycles. The van der Waals surface area contributed by atoms with Crippen LogP contribution < -0.4 is 0 Å². The third-order valence-electron chi connectivity index (χ3n) is 2.36. The minimum atomic E-state index is -0.348. The fourth-order valence-electron chi connectivity index (χ4n) is 1.31. The Kier molecular flexibility index (Phi) is 4.46. The molecule has 0 spiro atoms. The molecule has 0 aliphatic carbocycles. The van der Waals surface area contributed by atoms with Gasteiger partial charge in [0.25, 0.3) is 0 Å². The largest absolute Gasteiger partial charge is 0.396 e. The summed E-state index contributed by atoms with van der Waals surface area (Å²) in [6.45, 7) is 1.64. The molecule has 3 heteroatoms. The van der Waals surface area contributed by atoms with Crippen LogP contribution in [0.3, 0.4) is 0 Å². The maximum atomic E-state index is 11.7. The van der Waals surface area contributed by atoms with Crippen LogP contribution in [0.15, 0.2) is 24.3 Å². The van der Waals surface area contributed by atoms with Crippen molar-refractivity contribution in [1.82, 2.24) is 0 Å². The van der Waals surface area contributed by atoms with Gasteiger partial charge < -0.3 is 10.2 Å². The SMILES string of the molecule is Cc1ccc(C(=O)CC(CO)CO)cc1. The van der Waals surface area contributed by atoms with Crippen molar-refractivity contribution in [2.24, 2.45) is 5.92 Å². The zero-order valence-electron chi connectivity index (χ0n) is 8.81. The Bertz CT molecular complexity index is 312. The van der Waals surface area contributed by atoms with Crippen LogP contribution in [-0.4, -0.2) is 29.2 Å². The van der Waals surface area contributed by atoms with E-state index in [0.717, 1.165) is 5.56 Å². The molecule has 0 heterocycles. The van der Waals surface area contributed by atoms with Crippen molar-refractivity contribution in [3.8, 4) is 0 Å². The number of aliphatic hydroxyl groups excluding tert-OH is 2. The van der Waals surface area contributed by atoms with Crippen LogP contribution in [0.2, 0.25) is 0 Å². The normalized spacial score (nSPS) is 10.7. The first kappa shape index (κ1) is 11.9. The Hall–Kier alpha value is -1.19. The summed E-state index contributed by atoms with van der Waals surface area (Å²) in [6.07, 6.45) is 0.191. The molecule has 3 nitrogen and oxygen atoms in total. The van der Waals surface area contributed by atoms with E-state index in [1.54, 1.807) is 12.1 Å².